The third-order valence-corrected chi connectivity index (χ3v) is 6.36. The molecule has 0 bridgehead atoms. The van der Waals surface area contributed by atoms with Crippen molar-refractivity contribution in [2.24, 2.45) is 11.7 Å². The van der Waals surface area contributed by atoms with Crippen LogP contribution in [0.5, 0.6) is 0 Å². The van der Waals surface area contributed by atoms with E-state index in [-0.39, 0.29) is 11.8 Å². The molecule has 5 heteroatoms. The minimum Gasteiger partial charge on any atom is -0.369 e. The summed E-state index contributed by atoms with van der Waals surface area (Å²) in [7, 11) is 0. The van der Waals surface area contributed by atoms with E-state index in [0.717, 1.165) is 25.7 Å². The Bertz CT molecular complexity index is 494. The summed E-state index contributed by atoms with van der Waals surface area (Å²) in [5, 5.41) is 3.82. The Morgan fingerprint density at radius 1 is 1.30 bits per heavy atom. The van der Waals surface area contributed by atoms with Gasteiger partial charge in [-0.2, -0.15) is 0 Å². The molecular weight excluding hydrogens is 336 g/mol. The molecule has 1 aromatic heterocycles. The number of nitrogens with one attached hydrogen (secondary N) is 1. The molecule has 1 unspecified atom stereocenters. The highest BCUT2D eigenvalue weighted by atomic mass is 79.9. The fourth-order valence-corrected chi connectivity index (χ4v) is 5.34. The molecule has 0 saturated heterocycles. The van der Waals surface area contributed by atoms with E-state index >= 15 is 0 Å². The van der Waals surface area contributed by atoms with Gasteiger partial charge in [-0.25, -0.2) is 0 Å². The third-order valence-electron chi connectivity index (χ3n) is 4.65. The van der Waals surface area contributed by atoms with Crippen LogP contribution in [0, 0.1) is 5.92 Å². The van der Waals surface area contributed by atoms with Gasteiger partial charge < -0.3 is 11.1 Å². The smallest absolute Gasteiger partial charge is 0.220 e. The molecule has 3 rings (SSSR count). The molecule has 110 valence electrons. The van der Waals surface area contributed by atoms with Crippen LogP contribution >= 0.6 is 27.3 Å². The van der Waals surface area contributed by atoms with Gasteiger partial charge in [0.1, 0.15) is 0 Å². The minimum absolute atomic E-state index is 0.102. The maximum absolute atomic E-state index is 11.2. The van der Waals surface area contributed by atoms with E-state index in [4.69, 9.17) is 5.73 Å². The molecule has 0 aliphatic heterocycles. The summed E-state index contributed by atoms with van der Waals surface area (Å²) in [6.45, 7) is 0. The van der Waals surface area contributed by atoms with Gasteiger partial charge in [0.25, 0.3) is 0 Å². The van der Waals surface area contributed by atoms with E-state index in [1.165, 1.54) is 33.5 Å². The second-order valence-electron chi connectivity index (χ2n) is 5.99. The van der Waals surface area contributed by atoms with Crippen LogP contribution in [0.1, 0.15) is 55.0 Å². The van der Waals surface area contributed by atoms with E-state index in [1.54, 1.807) is 0 Å². The monoisotopic (exact) mass is 356 g/mol. The normalized spacial score (nSPS) is 29.9. The number of primary amides is 1. The average molecular weight is 357 g/mol. The molecule has 1 heterocycles. The molecule has 1 aromatic rings. The van der Waals surface area contributed by atoms with Crippen molar-refractivity contribution in [1.29, 1.82) is 0 Å². The summed E-state index contributed by atoms with van der Waals surface area (Å²) in [5.74, 6) is -0.0181. The lowest BCUT2D eigenvalue weighted by Crippen LogP contribution is -2.39. The molecule has 1 amide bonds. The lowest BCUT2D eigenvalue weighted by Gasteiger charge is -2.33. The number of halogens is 1. The third kappa shape index (κ3) is 3.10. The second kappa shape index (κ2) is 6.16. The predicted molar refractivity (Wildman–Crippen MR) is 85.8 cm³/mol. The van der Waals surface area contributed by atoms with Gasteiger partial charge in [0.2, 0.25) is 5.91 Å². The van der Waals surface area contributed by atoms with Crippen molar-refractivity contribution in [2.45, 2.75) is 57.0 Å². The van der Waals surface area contributed by atoms with E-state index < -0.39 is 0 Å². The van der Waals surface area contributed by atoms with Crippen LogP contribution < -0.4 is 11.1 Å². The second-order valence-corrected chi connectivity index (χ2v) is 8.51. The molecule has 3 N–H and O–H groups in total. The molecule has 3 nitrogen and oxygen atoms in total. The summed E-state index contributed by atoms with van der Waals surface area (Å²) < 4.78 is 1.24. The molecule has 0 radical (unpaired) electrons. The van der Waals surface area contributed by atoms with Crippen molar-refractivity contribution in [3.63, 3.8) is 0 Å². The zero-order chi connectivity index (χ0) is 14.1. The van der Waals surface area contributed by atoms with E-state index in [0.29, 0.717) is 12.1 Å². The summed E-state index contributed by atoms with van der Waals surface area (Å²) in [6, 6.07) is 3.32. The van der Waals surface area contributed by atoms with E-state index in [9.17, 15) is 4.79 Å². The highest BCUT2D eigenvalue weighted by Gasteiger charge is 2.28. The highest BCUT2D eigenvalue weighted by Crippen LogP contribution is 2.39. The standard InChI is InChI=1S/C15H21BrN2OS/c16-14-8-11-12(2-1-3-13(11)20-14)18-10-6-4-9(5-7-10)15(17)19/h8-10,12,18H,1-7H2,(H2,17,19). The topological polar surface area (TPSA) is 55.1 Å². The van der Waals surface area contributed by atoms with E-state index in [1.807, 2.05) is 11.3 Å². The molecular formula is C15H21BrN2OS. The first-order valence-corrected chi connectivity index (χ1v) is 9.08. The van der Waals surface area contributed by atoms with Crippen molar-refractivity contribution in [3.8, 4) is 0 Å². The highest BCUT2D eigenvalue weighted by molar-refractivity contribution is 9.11. The van der Waals surface area contributed by atoms with Crippen LogP contribution in [0.4, 0.5) is 0 Å². The number of rotatable bonds is 3. The summed E-state index contributed by atoms with van der Waals surface area (Å²) in [5.41, 5.74) is 6.89. The maximum atomic E-state index is 11.2. The SMILES string of the molecule is NC(=O)C1CCC(NC2CCCc3sc(Br)cc32)CC1. The zero-order valence-electron chi connectivity index (χ0n) is 11.5. The van der Waals surface area contributed by atoms with Crippen molar-refractivity contribution in [2.75, 3.05) is 0 Å². The predicted octanol–water partition coefficient (Wildman–Crippen LogP) is 3.52. The molecule has 2 aliphatic carbocycles. The lowest BCUT2D eigenvalue weighted by molar-refractivity contribution is -0.122. The van der Waals surface area contributed by atoms with Gasteiger partial charge >= 0.3 is 0 Å². The molecule has 0 spiro atoms. The maximum Gasteiger partial charge on any atom is 0.220 e. The van der Waals surface area contributed by atoms with Crippen LogP contribution in [0.3, 0.4) is 0 Å². The Balaban J connectivity index is 1.61. The minimum atomic E-state index is -0.120. The fraction of sp³-hybridized carbons (Fsp3) is 0.667. The molecule has 1 fully saturated rings. The van der Waals surface area contributed by atoms with Crippen molar-refractivity contribution in [1.82, 2.24) is 5.32 Å². The number of thiophene rings is 1. The fourth-order valence-electron chi connectivity index (χ4n) is 3.52. The van der Waals surface area contributed by atoms with Gasteiger partial charge in [-0.05, 0) is 72.5 Å². The van der Waals surface area contributed by atoms with Gasteiger partial charge in [0, 0.05) is 22.9 Å². The zero-order valence-corrected chi connectivity index (χ0v) is 13.9. The summed E-state index contributed by atoms with van der Waals surface area (Å²) in [6.07, 6.45) is 7.76. The first-order valence-electron chi connectivity index (χ1n) is 7.47. The number of amides is 1. The van der Waals surface area contributed by atoms with Gasteiger partial charge in [-0.3, -0.25) is 4.79 Å². The Labute approximate surface area is 132 Å². The van der Waals surface area contributed by atoms with Crippen LogP contribution in [0.2, 0.25) is 0 Å². The molecule has 0 aromatic carbocycles. The van der Waals surface area contributed by atoms with Crippen molar-refractivity contribution >= 4 is 33.2 Å². The van der Waals surface area contributed by atoms with Gasteiger partial charge in [-0.1, -0.05) is 0 Å². The van der Waals surface area contributed by atoms with Crippen LogP contribution in [-0.4, -0.2) is 11.9 Å². The van der Waals surface area contributed by atoms with Crippen molar-refractivity contribution in [3.05, 3.63) is 20.3 Å². The number of hydrogen-bond acceptors (Lipinski definition) is 3. The van der Waals surface area contributed by atoms with Gasteiger partial charge in [0.05, 0.1) is 3.79 Å². The first kappa shape index (κ1) is 14.5. The number of fused-ring (bicyclic) bond motifs is 1. The summed E-state index contributed by atoms with van der Waals surface area (Å²) >= 11 is 5.48. The largest absolute Gasteiger partial charge is 0.369 e. The number of nitrogens with two attached hydrogens (primary N) is 1. The molecule has 1 atom stereocenters. The van der Waals surface area contributed by atoms with E-state index in [2.05, 4.69) is 27.3 Å². The molecule has 20 heavy (non-hydrogen) atoms. The number of carbonyl (C=O) groups excluding carboxylic acids is 1. The number of aryl methyl sites for hydroxylation is 1. The number of carbonyl (C=O) groups is 1. The Morgan fingerprint density at radius 2 is 2.05 bits per heavy atom. The lowest BCUT2D eigenvalue weighted by atomic mass is 9.84. The Kier molecular flexibility index (Phi) is 4.48. The quantitative estimate of drug-likeness (QED) is 0.870. The van der Waals surface area contributed by atoms with Crippen molar-refractivity contribution < 1.29 is 4.79 Å². The average Bonchev–Trinajstić information content (AvgIpc) is 2.81. The van der Waals surface area contributed by atoms with Gasteiger partial charge in [0.15, 0.2) is 0 Å². The van der Waals surface area contributed by atoms with Crippen LogP contribution in [0.15, 0.2) is 9.85 Å². The first-order chi connectivity index (χ1) is 9.63. The Hall–Kier alpha value is -0.390. The number of hydrogen-bond donors (Lipinski definition) is 2. The summed E-state index contributed by atoms with van der Waals surface area (Å²) in [4.78, 5) is 12.7. The Morgan fingerprint density at radius 3 is 2.75 bits per heavy atom. The molecule has 2 aliphatic rings. The van der Waals surface area contributed by atoms with Gasteiger partial charge in [-0.15, -0.1) is 11.3 Å². The molecule has 1 saturated carbocycles. The van der Waals surface area contributed by atoms with Crippen LogP contribution in [0.25, 0.3) is 0 Å². The van der Waals surface area contributed by atoms with Crippen LogP contribution in [-0.2, 0) is 11.2 Å².